The van der Waals surface area contributed by atoms with Crippen LogP contribution in [-0.2, 0) is 9.84 Å². The fourth-order valence-electron chi connectivity index (χ4n) is 2.35. The van der Waals surface area contributed by atoms with Crippen LogP contribution in [0.2, 0.25) is 5.02 Å². The van der Waals surface area contributed by atoms with Crippen molar-refractivity contribution in [2.24, 2.45) is 0 Å². The van der Waals surface area contributed by atoms with Gasteiger partial charge in [0.2, 0.25) is 0 Å². The number of nitro benzene ring substituents is 2. The number of hydrogen-bond donors (Lipinski definition) is 1. The molecule has 0 fully saturated rings. The molecule has 1 N–H and O–H groups in total. The summed E-state index contributed by atoms with van der Waals surface area (Å²) in [6, 6.07) is 5.69. The Morgan fingerprint density at radius 2 is 1.86 bits per heavy atom. The van der Waals surface area contributed by atoms with E-state index in [1.54, 1.807) is 0 Å². The van der Waals surface area contributed by atoms with Crippen molar-refractivity contribution >= 4 is 65.4 Å². The molecule has 2 aromatic carbocycles. The second-order valence-corrected chi connectivity index (χ2v) is 9.14. The minimum absolute atomic E-state index is 0.0564. The molecule has 0 saturated carbocycles. The maximum absolute atomic E-state index is 12.5. The molecule has 0 aliphatic rings. The topological polar surface area (TPSA) is 162 Å². The lowest BCUT2D eigenvalue weighted by Crippen LogP contribution is -2.13. The standard InChI is InChI=1S/C15H9ClN4O7S2/c1-29(26,27)8-2-3-10-12(6-8)28-15(17-10)18-14(21)9-4-7(19(22)23)5-11(13(9)16)20(24)25/h2-6H,1H3,(H,17,18,21). The molecular formula is C15H9ClN4O7S2. The molecule has 1 amide bonds. The Labute approximate surface area is 171 Å². The van der Waals surface area contributed by atoms with E-state index in [2.05, 4.69) is 10.3 Å². The number of nitro groups is 2. The van der Waals surface area contributed by atoms with Crippen molar-refractivity contribution in [1.82, 2.24) is 4.98 Å². The number of rotatable bonds is 5. The van der Waals surface area contributed by atoms with Crippen LogP contribution in [0.25, 0.3) is 10.2 Å². The van der Waals surface area contributed by atoms with Gasteiger partial charge in [-0.2, -0.15) is 0 Å². The fourth-order valence-corrected chi connectivity index (χ4v) is 4.24. The molecule has 29 heavy (non-hydrogen) atoms. The van der Waals surface area contributed by atoms with E-state index in [9.17, 15) is 33.4 Å². The Hall–Kier alpha value is -3.16. The third-order valence-corrected chi connectivity index (χ3v) is 6.14. The molecule has 0 spiro atoms. The zero-order valence-corrected chi connectivity index (χ0v) is 16.7. The number of anilines is 1. The normalized spacial score (nSPS) is 11.4. The quantitative estimate of drug-likeness (QED) is 0.450. The van der Waals surface area contributed by atoms with Gasteiger partial charge >= 0.3 is 0 Å². The van der Waals surface area contributed by atoms with Crippen LogP contribution in [0.1, 0.15) is 10.4 Å². The van der Waals surface area contributed by atoms with Gasteiger partial charge in [0, 0.05) is 12.3 Å². The van der Waals surface area contributed by atoms with Crippen LogP contribution >= 0.6 is 22.9 Å². The molecule has 3 aromatic rings. The van der Waals surface area contributed by atoms with Gasteiger partial charge in [-0.25, -0.2) is 13.4 Å². The third kappa shape index (κ3) is 4.16. The first-order chi connectivity index (χ1) is 13.5. The molecule has 0 bridgehead atoms. The number of thiazole rings is 1. The number of benzene rings is 2. The Morgan fingerprint density at radius 3 is 2.45 bits per heavy atom. The summed E-state index contributed by atoms with van der Waals surface area (Å²) in [5.41, 5.74) is -1.51. The van der Waals surface area contributed by atoms with Gasteiger partial charge in [-0.05, 0) is 18.2 Å². The van der Waals surface area contributed by atoms with Gasteiger partial charge in [0.05, 0.1) is 36.6 Å². The van der Waals surface area contributed by atoms with Crippen molar-refractivity contribution in [3.63, 3.8) is 0 Å². The number of carbonyl (C=O) groups excluding carboxylic acids is 1. The molecule has 0 saturated heterocycles. The van der Waals surface area contributed by atoms with Gasteiger partial charge in [-0.15, -0.1) is 0 Å². The highest BCUT2D eigenvalue weighted by molar-refractivity contribution is 7.90. The van der Waals surface area contributed by atoms with Crippen molar-refractivity contribution < 1.29 is 23.1 Å². The highest BCUT2D eigenvalue weighted by atomic mass is 35.5. The summed E-state index contributed by atoms with van der Waals surface area (Å²) in [6.07, 6.45) is 1.05. The first-order valence-electron chi connectivity index (χ1n) is 7.51. The summed E-state index contributed by atoms with van der Waals surface area (Å²) in [5.74, 6) is -0.941. The van der Waals surface area contributed by atoms with Crippen LogP contribution < -0.4 is 5.32 Å². The number of carbonyl (C=O) groups is 1. The number of amides is 1. The predicted molar refractivity (Wildman–Crippen MR) is 105 cm³/mol. The summed E-state index contributed by atoms with van der Waals surface area (Å²) in [7, 11) is -3.44. The van der Waals surface area contributed by atoms with E-state index in [4.69, 9.17) is 11.6 Å². The third-order valence-electron chi connectivity index (χ3n) is 3.70. The summed E-state index contributed by atoms with van der Waals surface area (Å²) in [4.78, 5) is 37.0. The molecule has 14 heteroatoms. The average Bonchev–Trinajstić information content (AvgIpc) is 3.01. The summed E-state index contributed by atoms with van der Waals surface area (Å²) in [5, 5.41) is 23.9. The van der Waals surface area contributed by atoms with Gasteiger partial charge in [0.15, 0.2) is 15.0 Å². The zero-order valence-electron chi connectivity index (χ0n) is 14.3. The zero-order chi connectivity index (χ0) is 21.5. The smallest absolute Gasteiger partial charge is 0.295 e. The molecule has 3 rings (SSSR count). The van der Waals surface area contributed by atoms with Crippen molar-refractivity contribution in [3.05, 3.63) is 61.1 Å². The van der Waals surface area contributed by atoms with Crippen molar-refractivity contribution in [3.8, 4) is 0 Å². The molecule has 150 valence electrons. The number of non-ortho nitro benzene ring substituents is 1. The van der Waals surface area contributed by atoms with E-state index in [0.717, 1.165) is 23.7 Å². The number of hydrogen-bond acceptors (Lipinski definition) is 9. The largest absolute Gasteiger partial charge is 0.298 e. The maximum Gasteiger partial charge on any atom is 0.295 e. The average molecular weight is 457 g/mol. The molecule has 11 nitrogen and oxygen atoms in total. The second kappa shape index (κ2) is 7.35. The lowest BCUT2D eigenvalue weighted by Gasteiger charge is -2.05. The second-order valence-electron chi connectivity index (χ2n) is 5.72. The molecule has 1 heterocycles. The van der Waals surface area contributed by atoms with Crippen molar-refractivity contribution in [1.29, 1.82) is 0 Å². The van der Waals surface area contributed by atoms with Crippen LogP contribution in [0.5, 0.6) is 0 Å². The van der Waals surface area contributed by atoms with Crippen molar-refractivity contribution in [2.75, 3.05) is 11.6 Å². The van der Waals surface area contributed by atoms with E-state index in [-0.39, 0.29) is 10.0 Å². The minimum Gasteiger partial charge on any atom is -0.298 e. The van der Waals surface area contributed by atoms with Crippen LogP contribution in [0.15, 0.2) is 35.2 Å². The summed E-state index contributed by atoms with van der Waals surface area (Å²) < 4.78 is 23.8. The van der Waals surface area contributed by atoms with E-state index >= 15 is 0 Å². The van der Waals surface area contributed by atoms with E-state index in [0.29, 0.717) is 16.3 Å². The predicted octanol–water partition coefficient (Wildman–Crippen LogP) is 3.42. The van der Waals surface area contributed by atoms with E-state index in [1.807, 2.05) is 0 Å². The molecule has 0 aliphatic carbocycles. The van der Waals surface area contributed by atoms with Crippen LogP contribution in [0.4, 0.5) is 16.5 Å². The van der Waals surface area contributed by atoms with E-state index in [1.165, 1.54) is 18.2 Å². The molecule has 0 radical (unpaired) electrons. The first-order valence-corrected chi connectivity index (χ1v) is 10.6. The molecular weight excluding hydrogens is 448 g/mol. The van der Waals surface area contributed by atoms with Gasteiger partial charge in [-0.1, -0.05) is 22.9 Å². The Morgan fingerprint density at radius 1 is 1.17 bits per heavy atom. The highest BCUT2D eigenvalue weighted by Crippen LogP contribution is 2.34. The Balaban J connectivity index is 2.00. The Kier molecular flexibility index (Phi) is 5.21. The lowest BCUT2D eigenvalue weighted by molar-refractivity contribution is -0.394. The number of aromatic nitrogens is 1. The van der Waals surface area contributed by atoms with Gasteiger partial charge in [0.1, 0.15) is 5.02 Å². The molecule has 1 aromatic heterocycles. The van der Waals surface area contributed by atoms with Crippen molar-refractivity contribution in [2.45, 2.75) is 4.90 Å². The number of nitrogens with zero attached hydrogens (tertiary/aromatic N) is 3. The first kappa shape index (κ1) is 20.6. The monoisotopic (exact) mass is 456 g/mol. The summed E-state index contributed by atoms with van der Waals surface area (Å²) in [6.45, 7) is 0. The van der Waals surface area contributed by atoms with Crippen LogP contribution in [0, 0.1) is 20.2 Å². The molecule has 0 atom stereocenters. The fraction of sp³-hybridized carbons (Fsp3) is 0.0667. The molecule has 0 aliphatic heterocycles. The Bertz CT molecular complexity index is 1300. The number of nitrogens with one attached hydrogen (secondary N) is 1. The number of halogens is 1. The highest BCUT2D eigenvalue weighted by Gasteiger charge is 2.27. The number of fused-ring (bicyclic) bond motifs is 1. The lowest BCUT2D eigenvalue weighted by atomic mass is 10.1. The summed E-state index contributed by atoms with van der Waals surface area (Å²) >= 11 is 6.84. The minimum atomic E-state index is -3.44. The maximum atomic E-state index is 12.5. The molecule has 0 unspecified atom stereocenters. The van der Waals surface area contributed by atoms with Gasteiger partial charge < -0.3 is 0 Å². The van der Waals surface area contributed by atoms with Gasteiger partial charge in [0.25, 0.3) is 17.3 Å². The van der Waals surface area contributed by atoms with Crippen LogP contribution in [0.3, 0.4) is 0 Å². The van der Waals surface area contributed by atoms with Crippen LogP contribution in [-0.4, -0.2) is 35.4 Å². The number of sulfone groups is 1. The SMILES string of the molecule is CS(=O)(=O)c1ccc2nc(NC(=O)c3cc([N+](=O)[O-])cc([N+](=O)[O-])c3Cl)sc2c1. The van der Waals surface area contributed by atoms with Gasteiger partial charge in [-0.3, -0.25) is 30.3 Å². The van der Waals surface area contributed by atoms with E-state index < -0.39 is 47.6 Å².